The standard InChI is InChI=1S/C41H27N2P/c1-3-11-32(12-4-1)44(33-13-5-2-6-14-33)34-23-21-28-19-20-29(25-31(28)26-34)30-22-24-35-36-15-7-9-17-39(36)43-40-18-10-8-16-38(40)42-41(43)37(35)27-30/h1-27H. The van der Waals surface area contributed by atoms with Crippen LogP contribution >= 0.6 is 7.92 Å². The number of imidazole rings is 1. The summed E-state index contributed by atoms with van der Waals surface area (Å²) in [5, 5.41) is 10.2. The Morgan fingerprint density at radius 1 is 0.409 bits per heavy atom. The first-order chi connectivity index (χ1) is 21.8. The number of fused-ring (bicyclic) bond motifs is 9. The molecule has 7 aromatic carbocycles. The van der Waals surface area contributed by atoms with Gasteiger partial charge in [0.15, 0.2) is 0 Å². The third-order valence-electron chi connectivity index (χ3n) is 8.70. The smallest absolute Gasteiger partial charge is 0.146 e. The number of benzene rings is 7. The maximum atomic E-state index is 5.13. The van der Waals surface area contributed by atoms with E-state index in [9.17, 15) is 0 Å². The first kappa shape index (κ1) is 25.2. The van der Waals surface area contributed by atoms with Crippen molar-refractivity contribution in [2.75, 3.05) is 0 Å². The summed E-state index contributed by atoms with van der Waals surface area (Å²) in [6, 6.07) is 59.6. The molecule has 0 radical (unpaired) electrons. The van der Waals surface area contributed by atoms with Crippen molar-refractivity contribution < 1.29 is 0 Å². The Kier molecular flexibility index (Phi) is 5.82. The lowest BCUT2D eigenvalue weighted by molar-refractivity contribution is 1.31. The molecule has 0 aliphatic carbocycles. The van der Waals surface area contributed by atoms with Crippen LogP contribution in [0.2, 0.25) is 0 Å². The number of rotatable bonds is 4. The van der Waals surface area contributed by atoms with Crippen LogP contribution in [-0.2, 0) is 0 Å². The molecular weight excluding hydrogens is 551 g/mol. The van der Waals surface area contributed by atoms with E-state index in [1.54, 1.807) is 0 Å². The Morgan fingerprint density at radius 2 is 1.05 bits per heavy atom. The number of para-hydroxylation sites is 3. The Morgan fingerprint density at radius 3 is 1.84 bits per heavy atom. The van der Waals surface area contributed by atoms with E-state index in [1.807, 2.05) is 0 Å². The number of aromatic nitrogens is 2. The highest BCUT2D eigenvalue weighted by atomic mass is 31.1. The van der Waals surface area contributed by atoms with Gasteiger partial charge in [-0.25, -0.2) is 4.98 Å². The zero-order valence-electron chi connectivity index (χ0n) is 23.9. The normalized spacial score (nSPS) is 11.8. The van der Waals surface area contributed by atoms with Gasteiger partial charge in [-0.05, 0) is 87.5 Å². The van der Waals surface area contributed by atoms with Crippen LogP contribution in [0, 0.1) is 0 Å². The van der Waals surface area contributed by atoms with Gasteiger partial charge in [0.25, 0.3) is 0 Å². The molecule has 0 amide bonds. The highest BCUT2D eigenvalue weighted by molar-refractivity contribution is 7.79. The summed E-state index contributed by atoms with van der Waals surface area (Å²) in [5.41, 5.74) is 6.74. The molecule has 0 saturated heterocycles. The molecule has 9 aromatic rings. The molecule has 0 saturated carbocycles. The van der Waals surface area contributed by atoms with Crippen LogP contribution in [-0.4, -0.2) is 9.38 Å². The molecule has 2 heterocycles. The summed E-state index contributed by atoms with van der Waals surface area (Å²) in [7, 11) is -0.665. The van der Waals surface area contributed by atoms with Crippen molar-refractivity contribution in [3.8, 4) is 11.1 Å². The largest absolute Gasteiger partial charge is 0.292 e. The summed E-state index contributed by atoms with van der Waals surface area (Å²) in [6.45, 7) is 0. The van der Waals surface area contributed by atoms with E-state index in [2.05, 4.69) is 168 Å². The molecule has 206 valence electrons. The first-order valence-corrected chi connectivity index (χ1v) is 16.3. The van der Waals surface area contributed by atoms with Gasteiger partial charge in [0.05, 0.1) is 16.6 Å². The molecule has 0 spiro atoms. The summed E-state index contributed by atoms with van der Waals surface area (Å²) in [4.78, 5) is 5.13. The lowest BCUT2D eigenvalue weighted by Crippen LogP contribution is -2.20. The highest BCUT2D eigenvalue weighted by Crippen LogP contribution is 2.37. The lowest BCUT2D eigenvalue weighted by Gasteiger charge is -2.20. The van der Waals surface area contributed by atoms with E-state index in [0.29, 0.717) is 0 Å². The third-order valence-corrected chi connectivity index (χ3v) is 11.1. The molecule has 2 nitrogen and oxygen atoms in total. The quantitative estimate of drug-likeness (QED) is 0.150. The van der Waals surface area contributed by atoms with Crippen molar-refractivity contribution >= 4 is 73.0 Å². The third kappa shape index (κ3) is 4.03. The number of hydrogen-bond donors (Lipinski definition) is 0. The molecular formula is C41H27N2P. The zero-order valence-corrected chi connectivity index (χ0v) is 24.8. The molecule has 0 atom stereocenters. The molecule has 0 aliphatic rings. The minimum Gasteiger partial charge on any atom is -0.292 e. The van der Waals surface area contributed by atoms with Gasteiger partial charge in [0.1, 0.15) is 5.65 Å². The first-order valence-electron chi connectivity index (χ1n) is 15.0. The second-order valence-corrected chi connectivity index (χ2v) is 13.5. The summed E-state index contributed by atoms with van der Waals surface area (Å²) >= 11 is 0. The van der Waals surface area contributed by atoms with Gasteiger partial charge in [-0.15, -0.1) is 0 Å². The van der Waals surface area contributed by atoms with Crippen LogP contribution in [0.25, 0.3) is 60.3 Å². The fourth-order valence-corrected chi connectivity index (χ4v) is 8.97. The fraction of sp³-hybridized carbons (Fsp3) is 0. The maximum absolute atomic E-state index is 5.13. The van der Waals surface area contributed by atoms with Crippen molar-refractivity contribution in [2.24, 2.45) is 0 Å². The second kappa shape index (κ2) is 10.2. The average molecular weight is 579 g/mol. The summed E-state index contributed by atoms with van der Waals surface area (Å²) in [5.74, 6) is 0. The Hall–Kier alpha value is -5.30. The molecule has 44 heavy (non-hydrogen) atoms. The maximum Gasteiger partial charge on any atom is 0.146 e. The lowest BCUT2D eigenvalue weighted by atomic mass is 9.97. The predicted molar refractivity (Wildman–Crippen MR) is 189 cm³/mol. The van der Waals surface area contributed by atoms with Gasteiger partial charge >= 0.3 is 0 Å². The number of nitrogens with zero attached hydrogens (tertiary/aromatic N) is 2. The average Bonchev–Trinajstić information content (AvgIpc) is 3.49. The molecule has 0 bridgehead atoms. The van der Waals surface area contributed by atoms with Crippen LogP contribution in [0.15, 0.2) is 164 Å². The Balaban J connectivity index is 1.23. The van der Waals surface area contributed by atoms with Crippen LogP contribution in [0.1, 0.15) is 0 Å². The molecule has 9 rings (SSSR count). The van der Waals surface area contributed by atoms with E-state index in [1.165, 1.54) is 59.5 Å². The topological polar surface area (TPSA) is 17.3 Å². The fourth-order valence-electron chi connectivity index (χ4n) is 6.64. The van der Waals surface area contributed by atoms with Crippen molar-refractivity contribution in [1.29, 1.82) is 0 Å². The summed E-state index contributed by atoms with van der Waals surface area (Å²) < 4.78 is 2.32. The number of hydrogen-bond acceptors (Lipinski definition) is 1. The van der Waals surface area contributed by atoms with Crippen molar-refractivity contribution in [1.82, 2.24) is 9.38 Å². The van der Waals surface area contributed by atoms with Gasteiger partial charge < -0.3 is 0 Å². The molecule has 0 aliphatic heterocycles. The molecule has 2 aromatic heterocycles. The van der Waals surface area contributed by atoms with E-state index < -0.39 is 7.92 Å². The SMILES string of the molecule is c1ccc(P(c2ccccc2)c2ccc3ccc(-c4ccc5c6ccccc6n6c7ccccc7nc6c5c4)cc3c2)cc1. The number of pyridine rings is 1. The van der Waals surface area contributed by atoms with Gasteiger partial charge in [-0.1, -0.05) is 127 Å². The second-order valence-electron chi connectivity index (χ2n) is 11.3. The van der Waals surface area contributed by atoms with Gasteiger partial charge in [0, 0.05) is 10.8 Å². The Labute approximate surface area is 256 Å². The monoisotopic (exact) mass is 578 g/mol. The van der Waals surface area contributed by atoms with E-state index in [4.69, 9.17) is 4.98 Å². The van der Waals surface area contributed by atoms with Crippen molar-refractivity contribution in [2.45, 2.75) is 0 Å². The predicted octanol–water partition coefficient (Wildman–Crippen LogP) is 9.37. The van der Waals surface area contributed by atoms with E-state index in [-0.39, 0.29) is 0 Å². The minimum absolute atomic E-state index is 0.665. The van der Waals surface area contributed by atoms with Crippen LogP contribution in [0.3, 0.4) is 0 Å². The molecule has 3 heteroatoms. The molecule has 0 N–H and O–H groups in total. The van der Waals surface area contributed by atoms with Gasteiger partial charge in [0.2, 0.25) is 0 Å². The van der Waals surface area contributed by atoms with Crippen LogP contribution in [0.5, 0.6) is 0 Å². The van der Waals surface area contributed by atoms with Crippen LogP contribution < -0.4 is 15.9 Å². The molecule has 0 unspecified atom stereocenters. The van der Waals surface area contributed by atoms with Gasteiger partial charge in [-0.2, -0.15) is 0 Å². The van der Waals surface area contributed by atoms with Crippen LogP contribution in [0.4, 0.5) is 0 Å². The zero-order chi connectivity index (χ0) is 29.0. The minimum atomic E-state index is -0.665. The van der Waals surface area contributed by atoms with E-state index >= 15 is 0 Å². The summed E-state index contributed by atoms with van der Waals surface area (Å²) in [6.07, 6.45) is 0. The van der Waals surface area contributed by atoms with Crippen molar-refractivity contribution in [3.05, 3.63) is 164 Å². The van der Waals surface area contributed by atoms with E-state index in [0.717, 1.165) is 16.7 Å². The molecule has 0 fully saturated rings. The van der Waals surface area contributed by atoms with Crippen molar-refractivity contribution in [3.63, 3.8) is 0 Å². The van der Waals surface area contributed by atoms with Gasteiger partial charge in [-0.3, -0.25) is 4.40 Å². The highest BCUT2D eigenvalue weighted by Gasteiger charge is 2.17. The Bertz CT molecular complexity index is 2460.